The van der Waals surface area contributed by atoms with Crippen LogP contribution in [0.1, 0.15) is 10.6 Å². The van der Waals surface area contributed by atoms with Crippen molar-refractivity contribution >= 4 is 27.4 Å². The maximum atomic E-state index is 12.7. The van der Waals surface area contributed by atoms with E-state index in [4.69, 9.17) is 10.2 Å². The molecule has 11 heteroatoms. The standard InChI is InChI=1S/C17H17N5O5S/c18-17(24)12-4-5-16(27-12)28(25,26)21-9-7-20(8-10-21)14-11-15(23)22-6-2-1-3-13(22)19-14/h1-6,11H,7-10H2,(H2,18,24). The minimum Gasteiger partial charge on any atom is -0.438 e. The van der Waals surface area contributed by atoms with Gasteiger partial charge in [-0.1, -0.05) is 6.07 Å². The summed E-state index contributed by atoms with van der Waals surface area (Å²) < 4.78 is 33.1. The number of pyridine rings is 1. The van der Waals surface area contributed by atoms with Crippen molar-refractivity contribution in [2.24, 2.45) is 5.73 Å². The first kappa shape index (κ1) is 18.2. The lowest BCUT2D eigenvalue weighted by atomic mass is 10.3. The second-order valence-corrected chi connectivity index (χ2v) is 8.12. The number of hydrogen-bond acceptors (Lipinski definition) is 7. The molecule has 0 spiro atoms. The Balaban J connectivity index is 1.53. The molecular formula is C17H17N5O5S. The maximum Gasteiger partial charge on any atom is 0.284 e. The number of nitrogens with zero attached hydrogens (tertiary/aromatic N) is 4. The SMILES string of the molecule is NC(=O)c1ccc(S(=O)(=O)N2CCN(c3cc(=O)n4ccccc4n3)CC2)o1. The van der Waals surface area contributed by atoms with Crippen molar-refractivity contribution in [3.63, 3.8) is 0 Å². The number of aromatic nitrogens is 2. The zero-order valence-corrected chi connectivity index (χ0v) is 15.5. The summed E-state index contributed by atoms with van der Waals surface area (Å²) in [5, 5.41) is -0.322. The molecule has 1 amide bonds. The van der Waals surface area contributed by atoms with Gasteiger partial charge in [0.15, 0.2) is 5.76 Å². The monoisotopic (exact) mass is 403 g/mol. The molecule has 10 nitrogen and oxygen atoms in total. The van der Waals surface area contributed by atoms with Gasteiger partial charge >= 0.3 is 0 Å². The first-order valence-corrected chi connectivity index (χ1v) is 9.93. The Bertz CT molecular complexity index is 1210. The molecule has 1 fully saturated rings. The highest BCUT2D eigenvalue weighted by molar-refractivity contribution is 7.89. The van der Waals surface area contributed by atoms with Crippen LogP contribution in [0, 0.1) is 0 Å². The third-order valence-electron chi connectivity index (χ3n) is 4.54. The van der Waals surface area contributed by atoms with Crippen molar-refractivity contribution in [2.45, 2.75) is 5.09 Å². The van der Waals surface area contributed by atoms with Crippen LogP contribution in [0.4, 0.5) is 5.82 Å². The van der Waals surface area contributed by atoms with Gasteiger partial charge in [0, 0.05) is 38.4 Å². The molecule has 1 aliphatic heterocycles. The van der Waals surface area contributed by atoms with E-state index in [-0.39, 0.29) is 29.5 Å². The quantitative estimate of drug-likeness (QED) is 0.643. The zero-order chi connectivity index (χ0) is 19.9. The van der Waals surface area contributed by atoms with Gasteiger partial charge in [0.1, 0.15) is 11.5 Å². The smallest absolute Gasteiger partial charge is 0.284 e. The van der Waals surface area contributed by atoms with Crippen molar-refractivity contribution in [1.29, 1.82) is 0 Å². The fourth-order valence-electron chi connectivity index (χ4n) is 3.08. The van der Waals surface area contributed by atoms with Crippen molar-refractivity contribution in [2.75, 3.05) is 31.1 Å². The molecule has 0 radical (unpaired) electrons. The Morgan fingerprint density at radius 1 is 1.11 bits per heavy atom. The second kappa shape index (κ2) is 6.77. The molecule has 0 atom stereocenters. The van der Waals surface area contributed by atoms with E-state index in [1.54, 1.807) is 24.4 Å². The van der Waals surface area contributed by atoms with Crippen LogP contribution in [0.3, 0.4) is 0 Å². The van der Waals surface area contributed by atoms with Crippen LogP contribution in [0.2, 0.25) is 0 Å². The van der Waals surface area contributed by atoms with Crippen molar-refractivity contribution in [1.82, 2.24) is 13.7 Å². The normalized spacial score (nSPS) is 15.8. The Hall–Kier alpha value is -3.18. The number of carbonyl (C=O) groups excluding carboxylic acids is 1. The molecule has 28 heavy (non-hydrogen) atoms. The number of sulfonamides is 1. The molecular weight excluding hydrogens is 386 g/mol. The number of rotatable bonds is 4. The summed E-state index contributed by atoms with van der Waals surface area (Å²) in [6.45, 7) is 1.09. The van der Waals surface area contributed by atoms with Gasteiger partial charge in [-0.2, -0.15) is 4.31 Å². The molecule has 4 heterocycles. The molecule has 1 saturated heterocycles. The molecule has 0 aromatic carbocycles. The highest BCUT2D eigenvalue weighted by atomic mass is 32.2. The van der Waals surface area contributed by atoms with Gasteiger partial charge in [0.05, 0.1) is 0 Å². The van der Waals surface area contributed by atoms with Crippen LogP contribution in [0.25, 0.3) is 5.65 Å². The summed E-state index contributed by atoms with van der Waals surface area (Å²) in [5.74, 6) is -0.541. The summed E-state index contributed by atoms with van der Waals surface area (Å²) in [6.07, 6.45) is 1.64. The van der Waals surface area contributed by atoms with Crippen LogP contribution in [-0.4, -0.2) is 54.2 Å². The molecule has 0 unspecified atom stereocenters. The highest BCUT2D eigenvalue weighted by Crippen LogP contribution is 2.21. The number of carbonyl (C=O) groups is 1. The van der Waals surface area contributed by atoms with E-state index in [2.05, 4.69) is 4.98 Å². The van der Waals surface area contributed by atoms with Crippen LogP contribution < -0.4 is 16.2 Å². The topological polar surface area (TPSA) is 131 Å². The van der Waals surface area contributed by atoms with Crippen LogP contribution in [0.15, 0.2) is 56.9 Å². The number of fused-ring (bicyclic) bond motifs is 1. The number of amides is 1. The predicted octanol–water partition coefficient (Wildman–Crippen LogP) is -0.103. The number of piperazine rings is 1. The van der Waals surface area contributed by atoms with E-state index in [0.29, 0.717) is 24.6 Å². The summed E-state index contributed by atoms with van der Waals surface area (Å²) in [4.78, 5) is 29.7. The fourth-order valence-corrected chi connectivity index (χ4v) is 4.41. The Labute approximate surface area is 159 Å². The third kappa shape index (κ3) is 3.14. The number of anilines is 1. The summed E-state index contributed by atoms with van der Waals surface area (Å²) >= 11 is 0. The average molecular weight is 403 g/mol. The molecule has 0 saturated carbocycles. The molecule has 146 valence electrons. The van der Waals surface area contributed by atoms with Gasteiger partial charge < -0.3 is 15.1 Å². The number of primary amides is 1. The Morgan fingerprint density at radius 3 is 2.54 bits per heavy atom. The first-order chi connectivity index (χ1) is 13.4. The van der Waals surface area contributed by atoms with E-state index in [1.165, 1.54) is 26.9 Å². The largest absolute Gasteiger partial charge is 0.438 e. The van der Waals surface area contributed by atoms with Crippen molar-refractivity contribution < 1.29 is 17.6 Å². The Kier molecular flexibility index (Phi) is 4.40. The summed E-state index contributed by atoms with van der Waals surface area (Å²) in [5.41, 5.74) is 5.42. The zero-order valence-electron chi connectivity index (χ0n) is 14.7. The molecule has 1 aliphatic rings. The second-order valence-electron chi connectivity index (χ2n) is 6.26. The van der Waals surface area contributed by atoms with E-state index < -0.39 is 15.9 Å². The maximum absolute atomic E-state index is 12.7. The first-order valence-electron chi connectivity index (χ1n) is 8.49. The van der Waals surface area contributed by atoms with E-state index in [1.807, 2.05) is 4.90 Å². The van der Waals surface area contributed by atoms with Crippen LogP contribution in [0.5, 0.6) is 0 Å². The van der Waals surface area contributed by atoms with Gasteiger partial charge in [0.25, 0.3) is 21.5 Å². The lowest BCUT2D eigenvalue weighted by Gasteiger charge is -2.34. The summed E-state index contributed by atoms with van der Waals surface area (Å²) in [6, 6.07) is 9.16. The molecule has 0 aliphatic carbocycles. The van der Waals surface area contributed by atoms with Gasteiger partial charge in [0.2, 0.25) is 5.09 Å². The molecule has 3 aromatic rings. The van der Waals surface area contributed by atoms with E-state index in [0.717, 1.165) is 0 Å². The molecule has 2 N–H and O–H groups in total. The predicted molar refractivity (Wildman–Crippen MR) is 99.7 cm³/mol. The van der Waals surface area contributed by atoms with Crippen molar-refractivity contribution in [3.05, 3.63) is 58.7 Å². The van der Waals surface area contributed by atoms with Crippen LogP contribution in [-0.2, 0) is 10.0 Å². The number of nitrogens with two attached hydrogens (primary N) is 1. The van der Waals surface area contributed by atoms with Gasteiger partial charge in [-0.25, -0.2) is 13.4 Å². The highest BCUT2D eigenvalue weighted by Gasteiger charge is 2.32. The lowest BCUT2D eigenvalue weighted by Crippen LogP contribution is -2.49. The third-order valence-corrected chi connectivity index (χ3v) is 6.31. The molecule has 0 bridgehead atoms. The average Bonchev–Trinajstić information content (AvgIpc) is 3.20. The van der Waals surface area contributed by atoms with Gasteiger partial charge in [-0.05, 0) is 24.3 Å². The van der Waals surface area contributed by atoms with E-state index in [9.17, 15) is 18.0 Å². The summed E-state index contributed by atoms with van der Waals surface area (Å²) in [7, 11) is -3.88. The van der Waals surface area contributed by atoms with Gasteiger partial charge in [-0.15, -0.1) is 0 Å². The van der Waals surface area contributed by atoms with Gasteiger partial charge in [-0.3, -0.25) is 14.0 Å². The fraction of sp³-hybridized carbons (Fsp3) is 0.235. The van der Waals surface area contributed by atoms with Crippen molar-refractivity contribution in [3.8, 4) is 0 Å². The Morgan fingerprint density at radius 2 is 1.86 bits per heavy atom. The minimum atomic E-state index is -3.88. The number of hydrogen-bond donors (Lipinski definition) is 1. The molecule has 3 aromatic heterocycles. The molecule has 4 rings (SSSR count). The lowest BCUT2D eigenvalue weighted by molar-refractivity contribution is 0.0968. The minimum absolute atomic E-state index is 0.185. The van der Waals surface area contributed by atoms with E-state index >= 15 is 0 Å². The number of furan rings is 1. The van der Waals surface area contributed by atoms with Crippen LogP contribution >= 0.6 is 0 Å².